The van der Waals surface area contributed by atoms with Crippen LogP contribution in [0.25, 0.3) is 0 Å². The summed E-state index contributed by atoms with van der Waals surface area (Å²) in [5.74, 6) is 1.38. The summed E-state index contributed by atoms with van der Waals surface area (Å²) in [6, 6.07) is 16.8. The molecule has 27 heavy (non-hydrogen) atoms. The Morgan fingerprint density at radius 3 is 2.59 bits per heavy atom. The van der Waals surface area contributed by atoms with Crippen molar-refractivity contribution in [2.24, 2.45) is 5.41 Å². The summed E-state index contributed by atoms with van der Waals surface area (Å²) in [5.41, 5.74) is 0.359. The van der Waals surface area contributed by atoms with Crippen molar-refractivity contribution in [3.8, 4) is 11.5 Å². The summed E-state index contributed by atoms with van der Waals surface area (Å²) in [6.07, 6.45) is 1.84. The van der Waals surface area contributed by atoms with Gasteiger partial charge in [0.15, 0.2) is 0 Å². The molecule has 0 saturated carbocycles. The largest absolute Gasteiger partial charge is 0.457 e. The van der Waals surface area contributed by atoms with Crippen molar-refractivity contribution in [2.45, 2.75) is 12.8 Å². The summed E-state index contributed by atoms with van der Waals surface area (Å²) >= 11 is 0. The van der Waals surface area contributed by atoms with E-state index in [4.69, 9.17) is 4.74 Å². The molecule has 5 heteroatoms. The van der Waals surface area contributed by atoms with E-state index in [1.807, 2.05) is 67.5 Å². The third-order valence-electron chi connectivity index (χ3n) is 5.00. The number of para-hydroxylation sites is 1. The van der Waals surface area contributed by atoms with E-state index in [0.29, 0.717) is 17.9 Å². The molecule has 1 saturated heterocycles. The lowest BCUT2D eigenvalue weighted by atomic mass is 9.80. The van der Waals surface area contributed by atoms with E-state index in [1.165, 1.54) is 0 Å². The maximum Gasteiger partial charge on any atom is 0.254 e. The number of ether oxygens (including phenoxy) is 1. The van der Waals surface area contributed by atoms with Gasteiger partial charge in [-0.2, -0.15) is 0 Å². The molecule has 2 aromatic rings. The molecule has 3 rings (SSSR count). The number of amides is 1. The first kappa shape index (κ1) is 19.4. The van der Waals surface area contributed by atoms with Crippen LogP contribution in [0.1, 0.15) is 23.2 Å². The van der Waals surface area contributed by atoms with Crippen molar-refractivity contribution in [1.29, 1.82) is 0 Å². The van der Waals surface area contributed by atoms with Gasteiger partial charge in [0.1, 0.15) is 11.5 Å². The molecule has 0 spiro atoms. The molecule has 1 aliphatic heterocycles. The molecule has 1 atom stereocenters. The number of nitrogens with zero attached hydrogens (tertiary/aromatic N) is 2. The van der Waals surface area contributed by atoms with Crippen LogP contribution in [0.15, 0.2) is 54.6 Å². The standard InChI is InChI=1S/C22H28N2O3/c1-23(2)15-22(17-25)12-7-13-24(16-22)21(26)18-8-6-11-20(14-18)27-19-9-4-3-5-10-19/h3-6,8-11,14,25H,7,12-13,15-17H2,1-2H3. The fourth-order valence-electron chi connectivity index (χ4n) is 3.86. The molecule has 2 aromatic carbocycles. The SMILES string of the molecule is CN(C)CC1(CO)CCCN(C(=O)c2cccc(Oc3ccccc3)c2)C1. The quantitative estimate of drug-likeness (QED) is 0.850. The third-order valence-corrected chi connectivity index (χ3v) is 5.00. The van der Waals surface area contributed by atoms with Gasteiger partial charge >= 0.3 is 0 Å². The van der Waals surface area contributed by atoms with Gasteiger partial charge in [-0.15, -0.1) is 0 Å². The number of carbonyl (C=O) groups is 1. The van der Waals surface area contributed by atoms with Crippen molar-refractivity contribution in [3.05, 3.63) is 60.2 Å². The van der Waals surface area contributed by atoms with Gasteiger partial charge in [-0.3, -0.25) is 4.79 Å². The number of carbonyl (C=O) groups excluding carboxylic acids is 1. The number of hydrogen-bond donors (Lipinski definition) is 1. The molecule has 1 amide bonds. The van der Waals surface area contributed by atoms with E-state index in [0.717, 1.165) is 31.7 Å². The summed E-state index contributed by atoms with van der Waals surface area (Å²) in [4.78, 5) is 17.0. The number of aliphatic hydroxyl groups is 1. The smallest absolute Gasteiger partial charge is 0.254 e. The predicted octanol–water partition coefficient (Wildman–Crippen LogP) is 3.26. The van der Waals surface area contributed by atoms with Gasteiger partial charge in [-0.1, -0.05) is 24.3 Å². The first-order chi connectivity index (χ1) is 13.0. The minimum Gasteiger partial charge on any atom is -0.457 e. The molecular weight excluding hydrogens is 340 g/mol. The van der Waals surface area contributed by atoms with Crippen molar-refractivity contribution in [1.82, 2.24) is 9.80 Å². The van der Waals surface area contributed by atoms with Crippen molar-refractivity contribution in [2.75, 3.05) is 40.3 Å². The minimum atomic E-state index is -0.254. The minimum absolute atomic E-state index is 0.00945. The topological polar surface area (TPSA) is 53.0 Å². The Hall–Kier alpha value is -2.37. The highest BCUT2D eigenvalue weighted by molar-refractivity contribution is 5.94. The van der Waals surface area contributed by atoms with Crippen LogP contribution in [0.3, 0.4) is 0 Å². The second-order valence-electron chi connectivity index (χ2n) is 7.67. The molecule has 0 aliphatic carbocycles. The van der Waals surface area contributed by atoms with Gasteiger partial charge in [-0.05, 0) is 57.3 Å². The second kappa shape index (κ2) is 8.55. The molecule has 1 heterocycles. The third kappa shape index (κ3) is 4.87. The normalized spacial score (nSPS) is 19.9. The zero-order valence-corrected chi connectivity index (χ0v) is 16.1. The number of rotatable bonds is 6. The Bertz CT molecular complexity index is 763. The van der Waals surface area contributed by atoms with Crippen LogP contribution in [0.4, 0.5) is 0 Å². The zero-order valence-electron chi connectivity index (χ0n) is 16.1. The summed E-state index contributed by atoms with van der Waals surface area (Å²) in [5, 5.41) is 9.98. The first-order valence-electron chi connectivity index (χ1n) is 9.39. The van der Waals surface area contributed by atoms with Gasteiger partial charge in [-0.25, -0.2) is 0 Å². The van der Waals surface area contributed by atoms with Gasteiger partial charge in [0.25, 0.3) is 5.91 Å². The Kier molecular flexibility index (Phi) is 6.14. The molecule has 1 fully saturated rings. The van der Waals surface area contributed by atoms with Crippen molar-refractivity contribution >= 4 is 5.91 Å². The molecule has 0 aromatic heterocycles. The van der Waals surface area contributed by atoms with Crippen LogP contribution in [0.5, 0.6) is 11.5 Å². The van der Waals surface area contributed by atoms with E-state index in [9.17, 15) is 9.90 Å². The van der Waals surface area contributed by atoms with E-state index < -0.39 is 0 Å². The van der Waals surface area contributed by atoms with Crippen LogP contribution in [0, 0.1) is 5.41 Å². The number of hydrogen-bond acceptors (Lipinski definition) is 4. The predicted molar refractivity (Wildman–Crippen MR) is 106 cm³/mol. The fourth-order valence-corrected chi connectivity index (χ4v) is 3.86. The van der Waals surface area contributed by atoms with E-state index in [1.54, 1.807) is 6.07 Å². The average Bonchev–Trinajstić information content (AvgIpc) is 2.68. The number of benzene rings is 2. The molecule has 0 bridgehead atoms. The molecule has 1 N–H and O–H groups in total. The highest BCUT2D eigenvalue weighted by atomic mass is 16.5. The highest BCUT2D eigenvalue weighted by Gasteiger charge is 2.37. The van der Waals surface area contributed by atoms with E-state index in [2.05, 4.69) is 4.90 Å². The fraction of sp³-hybridized carbons (Fsp3) is 0.409. The molecule has 144 valence electrons. The number of likely N-dealkylation sites (tertiary alicyclic amines) is 1. The second-order valence-corrected chi connectivity index (χ2v) is 7.67. The summed E-state index contributed by atoms with van der Waals surface area (Å²) < 4.78 is 5.85. The van der Waals surface area contributed by atoms with E-state index in [-0.39, 0.29) is 17.9 Å². The van der Waals surface area contributed by atoms with Crippen LogP contribution < -0.4 is 4.74 Å². The van der Waals surface area contributed by atoms with Crippen molar-refractivity contribution < 1.29 is 14.6 Å². The monoisotopic (exact) mass is 368 g/mol. The van der Waals surface area contributed by atoms with Crippen LogP contribution in [0.2, 0.25) is 0 Å². The van der Waals surface area contributed by atoms with Crippen molar-refractivity contribution in [3.63, 3.8) is 0 Å². The highest BCUT2D eigenvalue weighted by Crippen LogP contribution is 2.31. The number of aliphatic hydroxyl groups excluding tert-OH is 1. The maximum absolute atomic E-state index is 13.1. The van der Waals surface area contributed by atoms with Gasteiger partial charge < -0.3 is 19.6 Å². The molecule has 5 nitrogen and oxygen atoms in total. The van der Waals surface area contributed by atoms with Gasteiger partial charge in [0.2, 0.25) is 0 Å². The van der Waals surface area contributed by atoms with Gasteiger partial charge in [0.05, 0.1) is 6.61 Å². The van der Waals surface area contributed by atoms with Crippen LogP contribution in [-0.2, 0) is 0 Å². The Morgan fingerprint density at radius 2 is 1.89 bits per heavy atom. The van der Waals surface area contributed by atoms with Gasteiger partial charge in [0, 0.05) is 30.6 Å². The molecule has 1 aliphatic rings. The molecule has 0 radical (unpaired) electrons. The molecule has 1 unspecified atom stereocenters. The Morgan fingerprint density at radius 1 is 1.15 bits per heavy atom. The van der Waals surface area contributed by atoms with E-state index >= 15 is 0 Å². The maximum atomic E-state index is 13.1. The Labute approximate surface area is 161 Å². The lowest BCUT2D eigenvalue weighted by Gasteiger charge is -2.43. The lowest BCUT2D eigenvalue weighted by Crippen LogP contribution is -2.51. The zero-order chi connectivity index (χ0) is 19.3. The molecular formula is C22H28N2O3. The summed E-state index contributed by atoms with van der Waals surface area (Å²) in [6.45, 7) is 2.15. The lowest BCUT2D eigenvalue weighted by molar-refractivity contribution is 0.0138. The Balaban J connectivity index is 1.74. The van der Waals surface area contributed by atoms with Crippen LogP contribution in [-0.4, -0.2) is 61.2 Å². The average molecular weight is 368 g/mol. The summed E-state index contributed by atoms with van der Waals surface area (Å²) in [7, 11) is 4.01. The number of piperidine rings is 1. The van der Waals surface area contributed by atoms with Crippen LogP contribution >= 0.6 is 0 Å². The first-order valence-corrected chi connectivity index (χ1v) is 9.39.